The third-order valence-electron chi connectivity index (χ3n) is 3.65. The minimum Gasteiger partial charge on any atom is -0.468 e. The van der Waals surface area contributed by atoms with E-state index in [0.717, 1.165) is 17.7 Å². The molecule has 0 saturated heterocycles. The smallest absolute Gasteiger partial charge is 0.258 e. The summed E-state index contributed by atoms with van der Waals surface area (Å²) >= 11 is 1.60. The average Bonchev–Trinajstić information content (AvgIpc) is 3.28. The van der Waals surface area contributed by atoms with E-state index in [0.29, 0.717) is 11.6 Å². The molecule has 7 heteroatoms. The molecule has 2 heterocycles. The molecule has 6 nitrogen and oxygen atoms in total. The maximum atomic E-state index is 11.9. The fraction of sp³-hybridized carbons (Fsp3) is 0.353. The van der Waals surface area contributed by atoms with Gasteiger partial charge < -0.3 is 15.4 Å². The molecule has 1 saturated carbocycles. The van der Waals surface area contributed by atoms with E-state index in [9.17, 15) is 9.59 Å². The topological polar surface area (TPSA) is 80.3 Å². The highest BCUT2D eigenvalue weighted by Crippen LogP contribution is 2.30. The van der Waals surface area contributed by atoms with Crippen LogP contribution in [0.15, 0.2) is 35.8 Å². The molecule has 2 N–H and O–H groups in total. The van der Waals surface area contributed by atoms with Gasteiger partial charge in [0.05, 0.1) is 17.9 Å². The highest BCUT2D eigenvalue weighted by atomic mass is 32.1. The maximum absolute atomic E-state index is 11.9. The zero-order chi connectivity index (χ0) is 16.9. The Labute approximate surface area is 144 Å². The zero-order valence-corrected chi connectivity index (χ0v) is 14.1. The summed E-state index contributed by atoms with van der Waals surface area (Å²) in [6, 6.07) is 7.24. The molecular formula is C17H19N3O3S. The van der Waals surface area contributed by atoms with Gasteiger partial charge >= 0.3 is 0 Å². The molecule has 2 aromatic rings. The molecule has 0 aromatic carbocycles. The number of hydrogen-bond donors (Lipinski definition) is 2. The van der Waals surface area contributed by atoms with Crippen molar-refractivity contribution in [1.29, 1.82) is 0 Å². The number of carbonyl (C=O) groups is 2. The fourth-order valence-electron chi connectivity index (χ4n) is 2.16. The van der Waals surface area contributed by atoms with Crippen LogP contribution < -0.4 is 15.4 Å². The third kappa shape index (κ3) is 4.55. The van der Waals surface area contributed by atoms with Crippen molar-refractivity contribution in [2.45, 2.75) is 25.8 Å². The van der Waals surface area contributed by atoms with Gasteiger partial charge in [0, 0.05) is 16.9 Å². The average molecular weight is 345 g/mol. The van der Waals surface area contributed by atoms with Crippen molar-refractivity contribution >= 4 is 28.8 Å². The Hall–Kier alpha value is -2.41. The van der Waals surface area contributed by atoms with Crippen LogP contribution in [0.25, 0.3) is 0 Å². The summed E-state index contributed by atoms with van der Waals surface area (Å²) < 4.78 is 5.37. The van der Waals surface area contributed by atoms with E-state index in [2.05, 4.69) is 15.6 Å². The van der Waals surface area contributed by atoms with Crippen LogP contribution in [0.2, 0.25) is 0 Å². The monoisotopic (exact) mass is 345 g/mol. The molecule has 2 aromatic heterocycles. The SMILES string of the molecule is CC(NC(=O)COc1ccc(NC(=O)C2CC2)cn1)c1cccs1. The number of anilines is 1. The van der Waals surface area contributed by atoms with Gasteiger partial charge in [0.1, 0.15) is 0 Å². The molecule has 126 valence electrons. The first-order valence-corrected chi connectivity index (χ1v) is 8.72. The summed E-state index contributed by atoms with van der Waals surface area (Å²) in [5.74, 6) is 0.324. The van der Waals surface area contributed by atoms with Crippen molar-refractivity contribution in [3.63, 3.8) is 0 Å². The van der Waals surface area contributed by atoms with Crippen LogP contribution >= 0.6 is 11.3 Å². The van der Waals surface area contributed by atoms with Crippen molar-refractivity contribution in [1.82, 2.24) is 10.3 Å². The van der Waals surface area contributed by atoms with E-state index < -0.39 is 0 Å². The molecule has 2 amide bonds. The summed E-state index contributed by atoms with van der Waals surface area (Å²) in [5, 5.41) is 7.65. The molecule has 1 aliphatic carbocycles. The van der Waals surface area contributed by atoms with Crippen LogP contribution in [0.3, 0.4) is 0 Å². The standard InChI is InChI=1S/C17H19N3O3S/c1-11(14-3-2-8-24-14)19-15(21)10-23-16-7-6-13(9-18-16)20-17(22)12-4-5-12/h2-3,6-9,11-12H,4-5,10H2,1H3,(H,19,21)(H,20,22). The van der Waals surface area contributed by atoms with Crippen LogP contribution in [0.4, 0.5) is 5.69 Å². The number of nitrogens with one attached hydrogen (secondary N) is 2. The molecule has 1 atom stereocenters. The molecule has 1 fully saturated rings. The van der Waals surface area contributed by atoms with Gasteiger partial charge in [0.15, 0.2) is 6.61 Å². The largest absolute Gasteiger partial charge is 0.468 e. The molecule has 1 aliphatic rings. The highest BCUT2D eigenvalue weighted by Gasteiger charge is 2.29. The molecular weight excluding hydrogens is 326 g/mol. The second kappa shape index (κ2) is 7.44. The van der Waals surface area contributed by atoms with Gasteiger partial charge in [-0.3, -0.25) is 9.59 Å². The molecule has 0 spiro atoms. The lowest BCUT2D eigenvalue weighted by Gasteiger charge is -2.12. The van der Waals surface area contributed by atoms with E-state index in [1.807, 2.05) is 24.4 Å². The summed E-state index contributed by atoms with van der Waals surface area (Å²) in [7, 11) is 0. The Balaban J connectivity index is 1.44. The highest BCUT2D eigenvalue weighted by molar-refractivity contribution is 7.10. The summed E-state index contributed by atoms with van der Waals surface area (Å²) in [4.78, 5) is 28.7. The Morgan fingerprint density at radius 2 is 2.21 bits per heavy atom. The number of carbonyl (C=O) groups excluding carboxylic acids is 2. The first kappa shape index (κ1) is 16.4. The van der Waals surface area contributed by atoms with Gasteiger partial charge in [0.2, 0.25) is 11.8 Å². The molecule has 0 bridgehead atoms. The Morgan fingerprint density at radius 1 is 1.38 bits per heavy atom. The van der Waals surface area contributed by atoms with Gasteiger partial charge in [-0.15, -0.1) is 11.3 Å². The molecule has 3 rings (SSSR count). The maximum Gasteiger partial charge on any atom is 0.258 e. The second-order valence-corrected chi connectivity index (χ2v) is 6.72. The van der Waals surface area contributed by atoms with Gasteiger partial charge in [-0.05, 0) is 37.3 Å². The number of aromatic nitrogens is 1. The molecule has 0 radical (unpaired) electrons. The second-order valence-electron chi connectivity index (χ2n) is 5.74. The molecule has 0 aliphatic heterocycles. The van der Waals surface area contributed by atoms with Crippen LogP contribution in [0.5, 0.6) is 5.88 Å². The third-order valence-corrected chi connectivity index (χ3v) is 4.71. The number of thiophene rings is 1. The quantitative estimate of drug-likeness (QED) is 0.808. The van der Waals surface area contributed by atoms with Gasteiger partial charge in [-0.2, -0.15) is 0 Å². The lowest BCUT2D eigenvalue weighted by atomic mass is 10.3. The number of hydrogen-bond acceptors (Lipinski definition) is 5. The fourth-order valence-corrected chi connectivity index (χ4v) is 2.90. The van der Waals surface area contributed by atoms with E-state index >= 15 is 0 Å². The van der Waals surface area contributed by atoms with Crippen LogP contribution in [-0.4, -0.2) is 23.4 Å². The van der Waals surface area contributed by atoms with E-state index in [4.69, 9.17) is 4.74 Å². The number of ether oxygens (including phenoxy) is 1. The van der Waals surface area contributed by atoms with Crippen molar-refractivity contribution in [2.24, 2.45) is 5.92 Å². The number of amides is 2. The summed E-state index contributed by atoms with van der Waals surface area (Å²) in [6.07, 6.45) is 3.45. The van der Waals surface area contributed by atoms with Crippen molar-refractivity contribution < 1.29 is 14.3 Å². The van der Waals surface area contributed by atoms with E-state index in [-0.39, 0.29) is 30.4 Å². The Kier molecular flexibility index (Phi) is 5.10. The van der Waals surface area contributed by atoms with Gasteiger partial charge in [-0.1, -0.05) is 6.07 Å². The van der Waals surface area contributed by atoms with Crippen LogP contribution in [-0.2, 0) is 9.59 Å². The van der Waals surface area contributed by atoms with Gasteiger partial charge in [0.25, 0.3) is 5.91 Å². The molecule has 1 unspecified atom stereocenters. The summed E-state index contributed by atoms with van der Waals surface area (Å²) in [6.45, 7) is 1.83. The Bertz CT molecular complexity index is 696. The first-order chi connectivity index (χ1) is 11.6. The Morgan fingerprint density at radius 3 is 2.83 bits per heavy atom. The van der Waals surface area contributed by atoms with Crippen molar-refractivity contribution in [3.05, 3.63) is 40.7 Å². The van der Waals surface area contributed by atoms with E-state index in [1.54, 1.807) is 23.5 Å². The minimum absolute atomic E-state index is 0.0346. The normalized spacial score (nSPS) is 14.7. The van der Waals surface area contributed by atoms with Crippen molar-refractivity contribution in [3.8, 4) is 5.88 Å². The minimum atomic E-state index is -0.205. The zero-order valence-electron chi connectivity index (χ0n) is 13.3. The lowest BCUT2D eigenvalue weighted by Crippen LogP contribution is -2.31. The molecule has 24 heavy (non-hydrogen) atoms. The van der Waals surface area contributed by atoms with Crippen LogP contribution in [0.1, 0.15) is 30.7 Å². The van der Waals surface area contributed by atoms with Crippen LogP contribution in [0, 0.1) is 5.92 Å². The number of rotatable bonds is 7. The predicted molar refractivity (Wildman–Crippen MR) is 92.0 cm³/mol. The van der Waals surface area contributed by atoms with Crippen molar-refractivity contribution in [2.75, 3.05) is 11.9 Å². The first-order valence-electron chi connectivity index (χ1n) is 7.84. The summed E-state index contributed by atoms with van der Waals surface area (Å²) in [5.41, 5.74) is 0.634. The van der Waals surface area contributed by atoms with E-state index in [1.165, 1.54) is 6.20 Å². The van der Waals surface area contributed by atoms with Gasteiger partial charge in [-0.25, -0.2) is 4.98 Å². The number of pyridine rings is 1. The lowest BCUT2D eigenvalue weighted by molar-refractivity contribution is -0.123. The number of nitrogens with zero attached hydrogens (tertiary/aromatic N) is 1. The predicted octanol–water partition coefficient (Wildman–Crippen LogP) is 2.75.